The minimum Gasteiger partial charge on any atom is -0.478 e. The van der Waals surface area contributed by atoms with Crippen LogP contribution in [0.3, 0.4) is 0 Å². The number of aliphatic carboxylic acids is 1. The fourth-order valence-electron chi connectivity index (χ4n) is 3.61. The van der Waals surface area contributed by atoms with Gasteiger partial charge in [0, 0.05) is 24.1 Å². The van der Waals surface area contributed by atoms with E-state index in [1.165, 1.54) is 0 Å². The number of anilines is 1. The van der Waals surface area contributed by atoms with Crippen LogP contribution in [0, 0.1) is 0 Å². The Balaban J connectivity index is 2.11. The van der Waals surface area contributed by atoms with Gasteiger partial charge in [-0.2, -0.15) is 0 Å². The first-order valence-electron chi connectivity index (χ1n) is 9.04. The van der Waals surface area contributed by atoms with Gasteiger partial charge >= 0.3 is 5.97 Å². The lowest BCUT2D eigenvalue weighted by molar-refractivity contribution is -0.133. The van der Waals surface area contributed by atoms with Crippen LogP contribution in [0.2, 0.25) is 0 Å². The number of carboxylic acids is 1. The number of allylic oxidation sites excluding steroid dienone is 1. The van der Waals surface area contributed by atoms with E-state index in [1.54, 1.807) is 17.7 Å². The van der Waals surface area contributed by atoms with Crippen LogP contribution in [-0.2, 0) is 11.3 Å². The molecule has 2 aromatic rings. The zero-order valence-corrected chi connectivity index (χ0v) is 15.9. The average Bonchev–Trinajstić information content (AvgIpc) is 2.62. The molecule has 1 unspecified atom stereocenters. The van der Waals surface area contributed by atoms with E-state index in [0.717, 1.165) is 18.5 Å². The van der Waals surface area contributed by atoms with E-state index in [-0.39, 0.29) is 11.1 Å². The number of pyridine rings is 1. The Morgan fingerprint density at radius 2 is 1.93 bits per heavy atom. The number of hydrogen-bond donors (Lipinski definition) is 2. The van der Waals surface area contributed by atoms with Crippen molar-refractivity contribution in [2.75, 3.05) is 26.0 Å². The van der Waals surface area contributed by atoms with Crippen LogP contribution in [0.25, 0.3) is 0 Å². The number of nitrogens with zero attached hydrogens (tertiary/aromatic N) is 2. The van der Waals surface area contributed by atoms with Crippen molar-refractivity contribution in [1.29, 1.82) is 0 Å². The monoisotopic (exact) mass is 367 g/mol. The molecule has 2 heterocycles. The molecule has 27 heavy (non-hydrogen) atoms. The Bertz CT molecular complexity index is 929. The molecule has 0 saturated heterocycles. The molecule has 3 rings (SSSR count). The number of carboxylic acid groups (broad SMARTS) is 1. The molecule has 142 valence electrons. The average molecular weight is 367 g/mol. The summed E-state index contributed by atoms with van der Waals surface area (Å²) < 4.78 is 1.68. The molecule has 0 bridgehead atoms. The van der Waals surface area contributed by atoms with Gasteiger partial charge in [-0.15, -0.1) is 0 Å². The molecule has 1 aromatic carbocycles. The predicted octanol–water partition coefficient (Wildman–Crippen LogP) is 2.72. The summed E-state index contributed by atoms with van der Waals surface area (Å²) in [4.78, 5) is 27.3. The van der Waals surface area contributed by atoms with E-state index in [1.807, 2.05) is 50.5 Å². The van der Waals surface area contributed by atoms with Gasteiger partial charge in [0.2, 0.25) is 0 Å². The molecule has 0 amide bonds. The molecule has 0 spiro atoms. The summed E-state index contributed by atoms with van der Waals surface area (Å²) >= 11 is 0. The number of fused-ring (bicyclic) bond motifs is 1. The topological polar surface area (TPSA) is 74.6 Å². The van der Waals surface area contributed by atoms with Crippen molar-refractivity contribution < 1.29 is 9.90 Å². The number of benzene rings is 1. The number of rotatable bonds is 6. The van der Waals surface area contributed by atoms with Crippen LogP contribution in [-0.4, -0.2) is 41.2 Å². The van der Waals surface area contributed by atoms with E-state index in [9.17, 15) is 14.7 Å². The van der Waals surface area contributed by atoms with Gasteiger partial charge in [-0.3, -0.25) is 4.79 Å². The van der Waals surface area contributed by atoms with E-state index < -0.39 is 11.9 Å². The van der Waals surface area contributed by atoms with Gasteiger partial charge in [-0.05, 0) is 45.6 Å². The normalized spacial score (nSPS) is 16.2. The first-order chi connectivity index (χ1) is 12.9. The van der Waals surface area contributed by atoms with Crippen molar-refractivity contribution >= 4 is 11.7 Å². The van der Waals surface area contributed by atoms with Gasteiger partial charge in [0.15, 0.2) is 0 Å². The predicted molar refractivity (Wildman–Crippen MR) is 106 cm³/mol. The quantitative estimate of drug-likeness (QED) is 0.821. The third-order valence-electron chi connectivity index (χ3n) is 4.87. The fraction of sp³-hybridized carbons (Fsp3) is 0.333. The molecule has 2 N–H and O–H groups in total. The standard InChI is InChI=1S/C21H25N3O3/c1-14-17(21(26)27)18(15-8-5-4-6-9-15)19-16(22-14)10-13-24(20(19)25)12-7-11-23(2)3/h4-6,8-10,13,18,22H,7,11-12H2,1-3H3,(H,26,27). The lowest BCUT2D eigenvalue weighted by Gasteiger charge is -2.29. The van der Waals surface area contributed by atoms with Crippen LogP contribution >= 0.6 is 0 Å². The Kier molecular flexibility index (Phi) is 5.46. The molecule has 6 nitrogen and oxygen atoms in total. The number of nitrogens with one attached hydrogen (secondary N) is 1. The highest BCUT2D eigenvalue weighted by atomic mass is 16.4. The second kappa shape index (κ2) is 7.80. The summed E-state index contributed by atoms with van der Waals surface area (Å²) in [6.07, 6.45) is 2.63. The van der Waals surface area contributed by atoms with Gasteiger partial charge in [-0.25, -0.2) is 4.79 Å². The summed E-state index contributed by atoms with van der Waals surface area (Å²) in [7, 11) is 4.00. The van der Waals surface area contributed by atoms with Crippen LogP contribution in [0.5, 0.6) is 0 Å². The fourth-order valence-corrected chi connectivity index (χ4v) is 3.61. The molecule has 0 aliphatic carbocycles. The van der Waals surface area contributed by atoms with Gasteiger partial charge in [0.05, 0.1) is 17.1 Å². The molecule has 0 saturated carbocycles. The lowest BCUT2D eigenvalue weighted by Crippen LogP contribution is -2.33. The van der Waals surface area contributed by atoms with E-state index in [4.69, 9.17) is 0 Å². The lowest BCUT2D eigenvalue weighted by atomic mass is 9.81. The smallest absolute Gasteiger partial charge is 0.334 e. The van der Waals surface area contributed by atoms with Crippen molar-refractivity contribution in [2.24, 2.45) is 0 Å². The summed E-state index contributed by atoms with van der Waals surface area (Å²) in [5.41, 5.74) is 2.63. The Morgan fingerprint density at radius 3 is 2.56 bits per heavy atom. The van der Waals surface area contributed by atoms with Crippen molar-refractivity contribution in [1.82, 2.24) is 9.47 Å². The number of carbonyl (C=O) groups is 1. The van der Waals surface area contributed by atoms with E-state index in [0.29, 0.717) is 23.5 Å². The molecule has 1 aliphatic rings. The maximum atomic E-state index is 13.2. The molecule has 1 aromatic heterocycles. The number of hydrogen-bond acceptors (Lipinski definition) is 4. The third-order valence-corrected chi connectivity index (χ3v) is 4.87. The second-order valence-corrected chi connectivity index (χ2v) is 7.11. The molecule has 1 atom stereocenters. The van der Waals surface area contributed by atoms with Crippen molar-refractivity contribution in [3.8, 4) is 0 Å². The minimum atomic E-state index is -1.01. The van der Waals surface area contributed by atoms with E-state index >= 15 is 0 Å². The van der Waals surface area contributed by atoms with E-state index in [2.05, 4.69) is 10.2 Å². The SMILES string of the molecule is CC1=C(C(=O)O)C(c2ccccc2)c2c(ccn(CCCN(C)C)c2=O)N1. The third kappa shape index (κ3) is 3.80. The minimum absolute atomic E-state index is 0.140. The Morgan fingerprint density at radius 1 is 1.22 bits per heavy atom. The summed E-state index contributed by atoms with van der Waals surface area (Å²) in [6.45, 7) is 3.21. The zero-order valence-electron chi connectivity index (χ0n) is 15.9. The van der Waals surface area contributed by atoms with Crippen LogP contribution in [0.1, 0.15) is 30.4 Å². The van der Waals surface area contributed by atoms with Crippen molar-refractivity contribution in [3.63, 3.8) is 0 Å². The van der Waals surface area contributed by atoms with Crippen LogP contribution in [0.15, 0.2) is 58.7 Å². The van der Waals surface area contributed by atoms with Crippen LogP contribution in [0.4, 0.5) is 5.69 Å². The highest BCUT2D eigenvalue weighted by Crippen LogP contribution is 2.39. The first kappa shape index (κ1) is 18.9. The highest BCUT2D eigenvalue weighted by molar-refractivity contribution is 5.93. The molecular formula is C21H25N3O3. The summed E-state index contributed by atoms with van der Waals surface area (Å²) in [5.74, 6) is -1.60. The second-order valence-electron chi connectivity index (χ2n) is 7.11. The summed E-state index contributed by atoms with van der Waals surface area (Å²) in [6, 6.07) is 11.2. The zero-order chi connectivity index (χ0) is 19.6. The van der Waals surface area contributed by atoms with Crippen molar-refractivity contribution in [2.45, 2.75) is 25.8 Å². The van der Waals surface area contributed by atoms with Gasteiger partial charge < -0.3 is 19.9 Å². The van der Waals surface area contributed by atoms with Gasteiger partial charge in [-0.1, -0.05) is 30.3 Å². The molecule has 6 heteroatoms. The Labute approximate surface area is 158 Å². The largest absolute Gasteiger partial charge is 0.478 e. The maximum absolute atomic E-state index is 13.2. The highest BCUT2D eigenvalue weighted by Gasteiger charge is 2.34. The molecule has 1 aliphatic heterocycles. The summed E-state index contributed by atoms with van der Waals surface area (Å²) in [5, 5.41) is 12.9. The maximum Gasteiger partial charge on any atom is 0.334 e. The Hall–Kier alpha value is -2.86. The number of aryl methyl sites for hydroxylation is 1. The van der Waals surface area contributed by atoms with Crippen LogP contribution < -0.4 is 10.9 Å². The van der Waals surface area contributed by atoms with Gasteiger partial charge in [0.1, 0.15) is 0 Å². The molecular weight excluding hydrogens is 342 g/mol. The number of aromatic nitrogens is 1. The first-order valence-corrected chi connectivity index (χ1v) is 9.04. The molecule has 0 fully saturated rings. The van der Waals surface area contributed by atoms with Gasteiger partial charge in [0.25, 0.3) is 5.56 Å². The molecule has 0 radical (unpaired) electrons. The van der Waals surface area contributed by atoms with Crippen molar-refractivity contribution in [3.05, 3.63) is 75.3 Å².